The predicted molar refractivity (Wildman–Crippen MR) is 95.5 cm³/mol. The van der Waals surface area contributed by atoms with Gasteiger partial charge in [-0.2, -0.15) is 9.78 Å². The van der Waals surface area contributed by atoms with Crippen LogP contribution in [0.1, 0.15) is 0 Å². The fourth-order valence-corrected chi connectivity index (χ4v) is 3.11. The molecular weight excluding hydrogens is 334 g/mol. The number of rotatable bonds is 2. The van der Waals surface area contributed by atoms with Crippen molar-refractivity contribution in [1.82, 2.24) is 24.4 Å². The number of pyridine rings is 1. The Hall–Kier alpha value is -3.26. The molecule has 0 radical (unpaired) electrons. The van der Waals surface area contributed by atoms with E-state index in [1.807, 2.05) is 48.7 Å². The van der Waals surface area contributed by atoms with E-state index in [-0.39, 0.29) is 10.7 Å². The summed E-state index contributed by atoms with van der Waals surface area (Å²) in [5.41, 5.74) is 2.56. The lowest BCUT2D eigenvalue weighted by molar-refractivity contribution is 0.827. The Bertz CT molecular complexity index is 1110. The zero-order valence-corrected chi connectivity index (χ0v) is 13.8. The maximum Gasteiger partial charge on any atom is 0.188 e. The minimum Gasteiger partial charge on any atom is -0.288 e. The largest absolute Gasteiger partial charge is 0.288 e. The first-order valence-corrected chi connectivity index (χ1v) is 8.29. The van der Waals surface area contributed by atoms with E-state index in [0.717, 1.165) is 21.8 Å². The monoisotopic (exact) mass is 347 g/mol. The van der Waals surface area contributed by atoms with Crippen molar-refractivity contribution in [2.75, 3.05) is 0 Å². The second-order valence-corrected chi connectivity index (χ2v) is 6.31. The molecule has 0 amide bonds. The minimum atomic E-state index is 0.148. The third-order valence-corrected chi connectivity index (χ3v) is 4.42. The molecule has 0 bridgehead atoms. The highest BCUT2D eigenvalue weighted by molar-refractivity contribution is 8.13. The van der Waals surface area contributed by atoms with Crippen molar-refractivity contribution in [1.29, 1.82) is 10.8 Å². The standard InChI is InChI=1S/C17H13N7S/c18-15-8-7-14(12-4-2-1-3-5-12)22-24(15)17(19)25-13-6-9-16-21-20-11-23(16)10-13/h1-11,18-19H. The molecule has 0 saturated carbocycles. The van der Waals surface area contributed by atoms with Crippen LogP contribution >= 0.6 is 11.8 Å². The van der Waals surface area contributed by atoms with Crippen LogP contribution in [0.2, 0.25) is 0 Å². The van der Waals surface area contributed by atoms with Crippen molar-refractivity contribution in [2.45, 2.75) is 4.90 Å². The highest BCUT2D eigenvalue weighted by atomic mass is 32.2. The van der Waals surface area contributed by atoms with Gasteiger partial charge in [-0.25, -0.2) is 0 Å². The third kappa shape index (κ3) is 3.07. The number of thioether (sulfide) groups is 1. The smallest absolute Gasteiger partial charge is 0.188 e. The average Bonchev–Trinajstić information content (AvgIpc) is 3.10. The Morgan fingerprint density at radius 3 is 2.68 bits per heavy atom. The fourth-order valence-electron chi connectivity index (χ4n) is 2.36. The number of nitrogens with zero attached hydrogens (tertiary/aromatic N) is 5. The highest BCUT2D eigenvalue weighted by Crippen LogP contribution is 2.20. The molecule has 0 fully saturated rings. The van der Waals surface area contributed by atoms with Crippen molar-refractivity contribution in [3.05, 3.63) is 72.6 Å². The van der Waals surface area contributed by atoms with E-state index in [2.05, 4.69) is 15.3 Å². The Balaban J connectivity index is 1.66. The summed E-state index contributed by atoms with van der Waals surface area (Å²) in [6.45, 7) is 0. The normalized spacial score (nSPS) is 10.9. The average molecular weight is 347 g/mol. The molecule has 0 aliphatic carbocycles. The maximum absolute atomic E-state index is 8.34. The third-order valence-electron chi connectivity index (χ3n) is 3.58. The molecule has 2 N–H and O–H groups in total. The summed E-state index contributed by atoms with van der Waals surface area (Å²) in [7, 11) is 0. The number of hydrogen-bond acceptors (Lipinski definition) is 6. The van der Waals surface area contributed by atoms with Crippen LogP contribution in [-0.2, 0) is 0 Å². The molecule has 4 rings (SSSR count). The van der Waals surface area contributed by atoms with Crippen molar-refractivity contribution >= 4 is 22.6 Å². The zero-order chi connectivity index (χ0) is 17.2. The summed E-state index contributed by atoms with van der Waals surface area (Å²) in [6, 6.07) is 16.9. The van der Waals surface area contributed by atoms with Gasteiger partial charge < -0.3 is 0 Å². The van der Waals surface area contributed by atoms with E-state index in [1.165, 1.54) is 16.4 Å². The molecule has 122 valence electrons. The summed E-state index contributed by atoms with van der Waals surface area (Å²) in [4.78, 5) is 0.844. The first-order valence-electron chi connectivity index (χ1n) is 7.47. The number of fused-ring (bicyclic) bond motifs is 1. The van der Waals surface area contributed by atoms with Gasteiger partial charge in [0.05, 0.1) is 5.69 Å². The summed E-state index contributed by atoms with van der Waals surface area (Å²) < 4.78 is 3.11. The molecular formula is C17H13N7S. The molecule has 25 heavy (non-hydrogen) atoms. The second kappa shape index (κ2) is 6.33. The van der Waals surface area contributed by atoms with E-state index in [9.17, 15) is 0 Å². The van der Waals surface area contributed by atoms with Gasteiger partial charge in [-0.05, 0) is 36.0 Å². The van der Waals surface area contributed by atoms with Crippen LogP contribution in [-0.4, -0.2) is 29.5 Å². The van der Waals surface area contributed by atoms with E-state index in [1.54, 1.807) is 22.9 Å². The van der Waals surface area contributed by atoms with Gasteiger partial charge in [-0.3, -0.25) is 15.2 Å². The lowest BCUT2D eigenvalue weighted by Gasteiger charge is -2.09. The van der Waals surface area contributed by atoms with Gasteiger partial charge in [0.15, 0.2) is 10.8 Å². The quantitative estimate of drug-likeness (QED) is 0.331. The Morgan fingerprint density at radius 1 is 1.00 bits per heavy atom. The maximum atomic E-state index is 8.34. The van der Waals surface area contributed by atoms with Gasteiger partial charge >= 0.3 is 0 Å². The Morgan fingerprint density at radius 2 is 1.84 bits per heavy atom. The minimum absolute atomic E-state index is 0.148. The Kier molecular flexibility index (Phi) is 3.87. The van der Waals surface area contributed by atoms with Gasteiger partial charge in [-0.15, -0.1) is 10.2 Å². The number of aromatic nitrogens is 5. The van der Waals surface area contributed by atoms with Crippen LogP contribution in [0.4, 0.5) is 0 Å². The molecule has 0 atom stereocenters. The van der Waals surface area contributed by atoms with Crippen molar-refractivity contribution < 1.29 is 0 Å². The number of hydrogen-bond donors (Lipinski definition) is 2. The van der Waals surface area contributed by atoms with E-state index >= 15 is 0 Å². The second-order valence-electron chi connectivity index (χ2n) is 5.25. The highest BCUT2D eigenvalue weighted by Gasteiger charge is 2.09. The van der Waals surface area contributed by atoms with E-state index in [4.69, 9.17) is 10.8 Å². The number of nitrogens with one attached hydrogen (secondary N) is 2. The van der Waals surface area contributed by atoms with E-state index < -0.39 is 0 Å². The van der Waals surface area contributed by atoms with Crippen molar-refractivity contribution in [3.8, 4) is 11.3 Å². The molecule has 3 aromatic heterocycles. The summed E-state index contributed by atoms with van der Waals surface area (Å²) in [5.74, 6) is 0. The van der Waals surface area contributed by atoms with Gasteiger partial charge in [0.1, 0.15) is 11.8 Å². The number of benzene rings is 1. The molecule has 0 spiro atoms. The van der Waals surface area contributed by atoms with Gasteiger partial charge in [0.2, 0.25) is 0 Å². The molecule has 0 aliphatic heterocycles. The van der Waals surface area contributed by atoms with E-state index in [0.29, 0.717) is 0 Å². The lowest BCUT2D eigenvalue weighted by Crippen LogP contribution is -2.27. The molecule has 7 nitrogen and oxygen atoms in total. The van der Waals surface area contributed by atoms with Crippen LogP contribution in [0.25, 0.3) is 16.9 Å². The fraction of sp³-hybridized carbons (Fsp3) is 0. The van der Waals surface area contributed by atoms with Gasteiger partial charge in [-0.1, -0.05) is 30.3 Å². The summed E-state index contributed by atoms with van der Waals surface area (Å²) in [6.07, 6.45) is 3.46. The summed E-state index contributed by atoms with van der Waals surface area (Å²) in [5, 5.41) is 28.8. The molecule has 8 heteroatoms. The van der Waals surface area contributed by atoms with Crippen LogP contribution in [0.15, 0.2) is 72.0 Å². The lowest BCUT2D eigenvalue weighted by atomic mass is 10.1. The van der Waals surface area contributed by atoms with Crippen LogP contribution in [0.3, 0.4) is 0 Å². The van der Waals surface area contributed by atoms with Crippen LogP contribution in [0, 0.1) is 10.8 Å². The first kappa shape index (κ1) is 15.3. The molecule has 4 aromatic rings. The molecule has 1 aromatic carbocycles. The van der Waals surface area contributed by atoms with Crippen molar-refractivity contribution in [3.63, 3.8) is 0 Å². The topological polar surface area (TPSA) is 95.7 Å². The van der Waals surface area contributed by atoms with Gasteiger partial charge in [0, 0.05) is 16.7 Å². The van der Waals surface area contributed by atoms with Crippen LogP contribution in [0.5, 0.6) is 0 Å². The molecule has 3 heterocycles. The van der Waals surface area contributed by atoms with Gasteiger partial charge in [0.25, 0.3) is 0 Å². The molecule has 0 saturated heterocycles. The SMILES string of the molecule is N=C(Sc1ccc2nncn2c1)n1nc(-c2ccccc2)ccc1=N. The first-order chi connectivity index (χ1) is 12.2. The molecule has 0 aliphatic rings. The zero-order valence-electron chi connectivity index (χ0n) is 13.0. The molecule has 0 unspecified atom stereocenters. The summed E-state index contributed by atoms with van der Waals surface area (Å²) >= 11 is 1.22. The Labute approximate surface area is 147 Å². The van der Waals surface area contributed by atoms with Crippen molar-refractivity contribution in [2.24, 2.45) is 0 Å². The predicted octanol–water partition coefficient (Wildman–Crippen LogP) is 2.65. The van der Waals surface area contributed by atoms with Crippen LogP contribution < -0.4 is 5.49 Å².